The summed E-state index contributed by atoms with van der Waals surface area (Å²) in [6, 6.07) is 0. The van der Waals surface area contributed by atoms with E-state index in [9.17, 15) is 14.4 Å². The minimum atomic E-state index is -0.515. The molecule has 0 spiro atoms. The van der Waals surface area contributed by atoms with Gasteiger partial charge in [-0.2, -0.15) is 0 Å². The summed E-state index contributed by atoms with van der Waals surface area (Å²) >= 11 is 0. The number of methoxy groups -OCH3 is 1. The Hall–Kier alpha value is -2.28. The largest absolute Gasteiger partial charge is 0.383 e. The normalized spacial score (nSPS) is 14.4. The number of hydrogen-bond acceptors (Lipinski definition) is 5. The fraction of sp³-hybridized carbons (Fsp3) is 0.429. The Balaban J connectivity index is 2.34. The van der Waals surface area contributed by atoms with Gasteiger partial charge in [-0.15, -0.1) is 0 Å². The molecule has 2 aromatic rings. The summed E-state index contributed by atoms with van der Waals surface area (Å²) in [7, 11) is 1.53. The van der Waals surface area contributed by atoms with E-state index >= 15 is 0 Å². The highest BCUT2D eigenvalue weighted by Gasteiger charge is 2.23. The van der Waals surface area contributed by atoms with Crippen molar-refractivity contribution in [3.05, 3.63) is 38.2 Å². The SMILES string of the molecule is COCCn1c(=O)[nH]c(=O)c2c3c(cnc21)C(=O)CCC3. The number of carbonyl (C=O) groups excluding carboxylic acids is 1. The topological polar surface area (TPSA) is 94.1 Å². The van der Waals surface area contributed by atoms with Crippen LogP contribution in [0.3, 0.4) is 0 Å². The van der Waals surface area contributed by atoms with Gasteiger partial charge in [0.25, 0.3) is 5.56 Å². The van der Waals surface area contributed by atoms with Gasteiger partial charge in [0.2, 0.25) is 0 Å². The van der Waals surface area contributed by atoms with Crippen molar-refractivity contribution in [1.82, 2.24) is 14.5 Å². The van der Waals surface area contributed by atoms with Gasteiger partial charge < -0.3 is 4.74 Å². The molecule has 0 unspecified atom stereocenters. The molecule has 0 bridgehead atoms. The summed E-state index contributed by atoms with van der Waals surface area (Å²) in [5.74, 6) is -0.000286. The molecule has 2 aromatic heterocycles. The molecule has 1 aliphatic rings. The Morgan fingerprint density at radius 3 is 2.90 bits per heavy atom. The number of pyridine rings is 1. The molecule has 21 heavy (non-hydrogen) atoms. The molecule has 0 aliphatic heterocycles. The third-order valence-corrected chi connectivity index (χ3v) is 3.76. The van der Waals surface area contributed by atoms with Gasteiger partial charge in [0, 0.05) is 25.3 Å². The van der Waals surface area contributed by atoms with Crippen LogP contribution < -0.4 is 11.2 Å². The molecular formula is C14H15N3O4. The van der Waals surface area contributed by atoms with Gasteiger partial charge in [-0.1, -0.05) is 0 Å². The summed E-state index contributed by atoms with van der Waals surface area (Å²) in [5.41, 5.74) is 0.510. The number of fused-ring (bicyclic) bond motifs is 3. The average molecular weight is 289 g/mol. The van der Waals surface area contributed by atoms with Crippen LogP contribution in [-0.2, 0) is 17.7 Å². The third-order valence-electron chi connectivity index (χ3n) is 3.76. The van der Waals surface area contributed by atoms with Crippen molar-refractivity contribution < 1.29 is 9.53 Å². The van der Waals surface area contributed by atoms with E-state index in [-0.39, 0.29) is 5.78 Å². The first-order valence-electron chi connectivity index (χ1n) is 6.80. The van der Waals surface area contributed by atoms with Crippen molar-refractivity contribution in [2.24, 2.45) is 0 Å². The van der Waals surface area contributed by atoms with Crippen LogP contribution in [0, 0.1) is 0 Å². The number of nitrogens with zero attached hydrogens (tertiary/aromatic N) is 2. The van der Waals surface area contributed by atoms with Crippen LogP contribution in [0.2, 0.25) is 0 Å². The number of rotatable bonds is 3. The second-order valence-electron chi connectivity index (χ2n) is 5.03. The molecule has 0 saturated heterocycles. The van der Waals surface area contributed by atoms with Crippen LogP contribution in [0.4, 0.5) is 0 Å². The Morgan fingerprint density at radius 2 is 2.14 bits per heavy atom. The first kappa shape index (κ1) is 13.7. The zero-order valence-corrected chi connectivity index (χ0v) is 11.6. The molecule has 7 heteroatoms. The van der Waals surface area contributed by atoms with Crippen molar-refractivity contribution in [1.29, 1.82) is 0 Å². The molecule has 2 heterocycles. The maximum Gasteiger partial charge on any atom is 0.330 e. The van der Waals surface area contributed by atoms with E-state index in [4.69, 9.17) is 4.74 Å². The summed E-state index contributed by atoms with van der Waals surface area (Å²) in [6.07, 6.45) is 3.30. The molecule has 0 atom stereocenters. The number of nitrogens with one attached hydrogen (secondary N) is 1. The average Bonchev–Trinajstić information content (AvgIpc) is 2.46. The summed E-state index contributed by atoms with van der Waals surface area (Å²) < 4.78 is 6.35. The predicted octanol–water partition coefficient (Wildman–Crippen LogP) is 0.250. The van der Waals surface area contributed by atoms with Crippen molar-refractivity contribution >= 4 is 16.8 Å². The molecule has 110 valence electrons. The summed E-state index contributed by atoms with van der Waals surface area (Å²) in [5, 5.41) is 0.344. The van der Waals surface area contributed by atoms with E-state index < -0.39 is 11.2 Å². The van der Waals surface area contributed by atoms with Gasteiger partial charge in [0.1, 0.15) is 5.65 Å². The number of ether oxygens (including phenoxy) is 1. The van der Waals surface area contributed by atoms with Crippen molar-refractivity contribution in [2.75, 3.05) is 13.7 Å². The van der Waals surface area contributed by atoms with Crippen molar-refractivity contribution in [3.8, 4) is 0 Å². The molecule has 7 nitrogen and oxygen atoms in total. The number of aromatic amines is 1. The van der Waals surface area contributed by atoms with E-state index in [2.05, 4.69) is 9.97 Å². The number of aryl methyl sites for hydroxylation is 1. The zero-order chi connectivity index (χ0) is 15.0. The second-order valence-corrected chi connectivity index (χ2v) is 5.03. The molecule has 0 saturated carbocycles. The summed E-state index contributed by atoms with van der Waals surface area (Å²) in [6.45, 7) is 0.626. The highest BCUT2D eigenvalue weighted by Crippen LogP contribution is 2.24. The van der Waals surface area contributed by atoms with Gasteiger partial charge in [-0.25, -0.2) is 9.78 Å². The highest BCUT2D eigenvalue weighted by atomic mass is 16.5. The van der Waals surface area contributed by atoms with Crippen molar-refractivity contribution in [3.63, 3.8) is 0 Å². The van der Waals surface area contributed by atoms with Crippen LogP contribution in [-0.4, -0.2) is 34.0 Å². The maximum absolute atomic E-state index is 12.2. The van der Waals surface area contributed by atoms with Gasteiger partial charge >= 0.3 is 5.69 Å². The molecule has 0 radical (unpaired) electrons. The fourth-order valence-corrected chi connectivity index (χ4v) is 2.75. The number of H-pyrrole nitrogens is 1. The fourth-order valence-electron chi connectivity index (χ4n) is 2.75. The molecular weight excluding hydrogens is 274 g/mol. The zero-order valence-electron chi connectivity index (χ0n) is 11.6. The first-order valence-corrected chi connectivity index (χ1v) is 6.80. The van der Waals surface area contributed by atoms with Gasteiger partial charge in [-0.3, -0.25) is 19.1 Å². The maximum atomic E-state index is 12.2. The number of carbonyl (C=O) groups is 1. The number of ketones is 1. The molecule has 1 aliphatic carbocycles. The molecule has 3 rings (SSSR count). The van der Waals surface area contributed by atoms with Crippen LogP contribution >= 0.6 is 0 Å². The highest BCUT2D eigenvalue weighted by molar-refractivity contribution is 6.01. The number of Topliss-reactive ketones (excluding diaryl/α,β-unsaturated/α-hetero) is 1. The van der Waals surface area contributed by atoms with Crippen molar-refractivity contribution in [2.45, 2.75) is 25.8 Å². The van der Waals surface area contributed by atoms with Crippen LogP contribution in [0.25, 0.3) is 11.0 Å². The smallest absolute Gasteiger partial charge is 0.330 e. The molecule has 0 aromatic carbocycles. The quantitative estimate of drug-likeness (QED) is 0.874. The monoisotopic (exact) mass is 289 g/mol. The van der Waals surface area contributed by atoms with E-state index in [1.165, 1.54) is 17.9 Å². The van der Waals surface area contributed by atoms with E-state index in [0.29, 0.717) is 54.6 Å². The molecule has 0 fully saturated rings. The van der Waals surface area contributed by atoms with Gasteiger partial charge in [0.15, 0.2) is 5.78 Å². The summed E-state index contributed by atoms with van der Waals surface area (Å²) in [4.78, 5) is 42.5. The molecule has 0 amide bonds. The number of hydrogen-bond donors (Lipinski definition) is 1. The Morgan fingerprint density at radius 1 is 1.33 bits per heavy atom. The lowest BCUT2D eigenvalue weighted by Crippen LogP contribution is -2.33. The van der Waals surface area contributed by atoms with Crippen LogP contribution in [0.15, 0.2) is 15.8 Å². The first-order chi connectivity index (χ1) is 10.1. The Bertz CT molecular complexity index is 834. The van der Waals surface area contributed by atoms with E-state index in [1.54, 1.807) is 0 Å². The van der Waals surface area contributed by atoms with E-state index in [1.807, 2.05) is 0 Å². The van der Waals surface area contributed by atoms with Crippen LogP contribution in [0.1, 0.15) is 28.8 Å². The standard InChI is InChI=1S/C14H15N3O4/c1-21-6-5-17-12-11(13(19)16-14(17)20)8-3-2-4-10(18)9(8)7-15-12/h7H,2-6H2,1H3,(H,16,19,20). The molecule has 1 N–H and O–H groups in total. The lowest BCUT2D eigenvalue weighted by molar-refractivity contribution is 0.0972. The number of aromatic nitrogens is 3. The predicted molar refractivity (Wildman–Crippen MR) is 75.8 cm³/mol. The second kappa shape index (κ2) is 5.25. The Labute approximate surface area is 119 Å². The van der Waals surface area contributed by atoms with Crippen LogP contribution in [0.5, 0.6) is 0 Å². The lowest BCUT2D eigenvalue weighted by Gasteiger charge is -2.17. The Kier molecular flexibility index (Phi) is 3.42. The van der Waals surface area contributed by atoms with Gasteiger partial charge in [0.05, 0.1) is 18.5 Å². The van der Waals surface area contributed by atoms with Gasteiger partial charge in [-0.05, 0) is 18.4 Å². The lowest BCUT2D eigenvalue weighted by atomic mass is 9.90. The third kappa shape index (κ3) is 2.19. The minimum absolute atomic E-state index is 0.000286. The minimum Gasteiger partial charge on any atom is -0.383 e. The van der Waals surface area contributed by atoms with E-state index in [0.717, 1.165) is 0 Å².